The lowest BCUT2D eigenvalue weighted by Crippen LogP contribution is -2.38. The summed E-state index contributed by atoms with van der Waals surface area (Å²) in [5.41, 5.74) is 1.72. The third-order valence-electron chi connectivity index (χ3n) is 3.24. The van der Waals surface area contributed by atoms with Crippen molar-refractivity contribution >= 4 is 11.7 Å². The summed E-state index contributed by atoms with van der Waals surface area (Å²) < 4.78 is 5.18. The zero-order valence-electron chi connectivity index (χ0n) is 11.3. The van der Waals surface area contributed by atoms with E-state index in [1.165, 1.54) is 0 Å². The molecule has 0 atom stereocenters. The van der Waals surface area contributed by atoms with Crippen molar-refractivity contribution in [2.45, 2.75) is 25.8 Å². The Hall–Kier alpha value is -1.75. The number of aliphatic hydroxyl groups is 1. The second kappa shape index (κ2) is 5.93. The van der Waals surface area contributed by atoms with Crippen molar-refractivity contribution in [3.05, 3.63) is 23.8 Å². The van der Waals surface area contributed by atoms with E-state index in [1.807, 2.05) is 25.1 Å². The molecule has 5 nitrogen and oxygen atoms in total. The molecule has 0 aromatic heterocycles. The van der Waals surface area contributed by atoms with Gasteiger partial charge in [-0.25, -0.2) is 4.79 Å². The molecule has 1 aliphatic carbocycles. The molecule has 0 bridgehead atoms. The Morgan fingerprint density at radius 1 is 1.53 bits per heavy atom. The van der Waals surface area contributed by atoms with Gasteiger partial charge in [-0.3, -0.25) is 0 Å². The molecule has 2 N–H and O–H groups in total. The maximum Gasteiger partial charge on any atom is 0.322 e. The summed E-state index contributed by atoms with van der Waals surface area (Å²) in [5.74, 6) is 0.799. The van der Waals surface area contributed by atoms with Gasteiger partial charge in [0, 0.05) is 18.3 Å². The van der Waals surface area contributed by atoms with Crippen LogP contribution in [0.3, 0.4) is 0 Å². The van der Waals surface area contributed by atoms with Crippen LogP contribution in [-0.2, 0) is 0 Å². The molecule has 0 unspecified atom stereocenters. The zero-order chi connectivity index (χ0) is 13.8. The molecule has 104 valence electrons. The van der Waals surface area contributed by atoms with Gasteiger partial charge in [0.1, 0.15) is 5.75 Å². The Labute approximate surface area is 113 Å². The van der Waals surface area contributed by atoms with Crippen LogP contribution in [0.15, 0.2) is 18.2 Å². The van der Waals surface area contributed by atoms with Crippen LogP contribution in [-0.4, -0.2) is 42.3 Å². The van der Waals surface area contributed by atoms with E-state index < -0.39 is 0 Å². The number of ether oxygens (including phenoxy) is 1. The van der Waals surface area contributed by atoms with E-state index in [9.17, 15) is 4.79 Å². The number of carbonyl (C=O) groups excluding carboxylic acids is 1. The second-order valence-corrected chi connectivity index (χ2v) is 4.76. The van der Waals surface area contributed by atoms with Gasteiger partial charge >= 0.3 is 6.03 Å². The number of amides is 2. The lowest BCUT2D eigenvalue weighted by atomic mass is 10.2. The van der Waals surface area contributed by atoms with Crippen LogP contribution in [0.1, 0.15) is 18.4 Å². The fourth-order valence-electron chi connectivity index (χ4n) is 2.10. The Morgan fingerprint density at radius 2 is 2.26 bits per heavy atom. The minimum absolute atomic E-state index is 0.00837. The van der Waals surface area contributed by atoms with Crippen molar-refractivity contribution in [2.75, 3.05) is 25.6 Å². The Balaban J connectivity index is 2.03. The average Bonchev–Trinajstić information content (AvgIpc) is 3.20. The minimum Gasteiger partial charge on any atom is -0.496 e. The highest BCUT2D eigenvalue weighted by atomic mass is 16.5. The summed E-state index contributed by atoms with van der Waals surface area (Å²) in [4.78, 5) is 13.8. The molecule has 2 amide bonds. The standard InChI is InChI=1S/C14H20N2O3/c1-10-9-11(3-6-13(10)19-2)15-14(18)16(7-8-17)12-4-5-12/h3,6,9,12,17H,4-5,7-8H2,1-2H3,(H,15,18). The first-order valence-corrected chi connectivity index (χ1v) is 6.49. The number of hydrogen-bond acceptors (Lipinski definition) is 3. The van der Waals surface area contributed by atoms with Crippen LogP contribution < -0.4 is 10.1 Å². The summed E-state index contributed by atoms with van der Waals surface area (Å²) in [6, 6.07) is 5.65. The van der Waals surface area contributed by atoms with Gasteiger partial charge < -0.3 is 20.1 Å². The van der Waals surface area contributed by atoms with Gasteiger partial charge in [-0.05, 0) is 43.5 Å². The van der Waals surface area contributed by atoms with E-state index in [2.05, 4.69) is 5.32 Å². The third kappa shape index (κ3) is 3.38. The number of anilines is 1. The number of methoxy groups -OCH3 is 1. The summed E-state index contributed by atoms with van der Waals surface area (Å²) in [6.45, 7) is 2.30. The fourth-order valence-corrected chi connectivity index (χ4v) is 2.10. The van der Waals surface area contributed by atoms with Crippen LogP contribution in [0.4, 0.5) is 10.5 Å². The van der Waals surface area contributed by atoms with E-state index in [0.29, 0.717) is 6.54 Å². The average molecular weight is 264 g/mol. The van der Waals surface area contributed by atoms with Gasteiger partial charge in [-0.1, -0.05) is 0 Å². The summed E-state index contributed by atoms with van der Waals surface area (Å²) in [5, 5.41) is 11.9. The molecule has 19 heavy (non-hydrogen) atoms. The van der Waals surface area contributed by atoms with Crippen LogP contribution in [0.5, 0.6) is 5.75 Å². The predicted molar refractivity (Wildman–Crippen MR) is 73.6 cm³/mol. The molecule has 0 aliphatic heterocycles. The second-order valence-electron chi connectivity index (χ2n) is 4.76. The van der Waals surface area contributed by atoms with Gasteiger partial charge in [0.05, 0.1) is 13.7 Å². The summed E-state index contributed by atoms with van der Waals surface area (Å²) in [6.07, 6.45) is 2.05. The first kappa shape index (κ1) is 13.7. The number of nitrogens with zero attached hydrogens (tertiary/aromatic N) is 1. The highest BCUT2D eigenvalue weighted by Crippen LogP contribution is 2.27. The van der Waals surface area contributed by atoms with Gasteiger partial charge in [-0.2, -0.15) is 0 Å². The molecule has 1 aromatic rings. The summed E-state index contributed by atoms with van der Waals surface area (Å²) >= 11 is 0. The molecule has 5 heteroatoms. The van der Waals surface area contributed by atoms with Crippen LogP contribution in [0.25, 0.3) is 0 Å². The van der Waals surface area contributed by atoms with Crippen molar-refractivity contribution in [1.82, 2.24) is 4.90 Å². The monoisotopic (exact) mass is 264 g/mol. The van der Waals surface area contributed by atoms with Gasteiger partial charge in [0.2, 0.25) is 0 Å². The normalized spacial score (nSPS) is 14.1. The smallest absolute Gasteiger partial charge is 0.322 e. The molecule has 0 radical (unpaired) electrons. The first-order chi connectivity index (χ1) is 9.15. The number of nitrogens with one attached hydrogen (secondary N) is 1. The maximum absolute atomic E-state index is 12.1. The molecule has 1 saturated carbocycles. The van der Waals surface area contributed by atoms with Crippen molar-refractivity contribution in [1.29, 1.82) is 0 Å². The molecule has 0 heterocycles. The third-order valence-corrected chi connectivity index (χ3v) is 3.24. The minimum atomic E-state index is -0.152. The van der Waals surface area contributed by atoms with Crippen LogP contribution in [0.2, 0.25) is 0 Å². The Morgan fingerprint density at radius 3 is 2.79 bits per heavy atom. The quantitative estimate of drug-likeness (QED) is 0.855. The van der Waals surface area contributed by atoms with Crippen molar-refractivity contribution < 1.29 is 14.6 Å². The van der Waals surface area contributed by atoms with Gasteiger partial charge in [0.15, 0.2) is 0 Å². The van der Waals surface area contributed by atoms with E-state index in [4.69, 9.17) is 9.84 Å². The van der Waals surface area contributed by atoms with E-state index in [0.717, 1.165) is 29.8 Å². The highest BCUT2D eigenvalue weighted by molar-refractivity contribution is 5.90. The Kier molecular flexibility index (Phi) is 4.27. The SMILES string of the molecule is COc1ccc(NC(=O)N(CCO)C2CC2)cc1C. The highest BCUT2D eigenvalue weighted by Gasteiger charge is 2.32. The van der Waals surface area contributed by atoms with Gasteiger partial charge in [-0.15, -0.1) is 0 Å². The van der Waals surface area contributed by atoms with Crippen molar-refractivity contribution in [3.8, 4) is 5.75 Å². The number of carbonyl (C=O) groups is 1. The molecular formula is C14H20N2O3. The zero-order valence-corrected chi connectivity index (χ0v) is 11.3. The van der Waals surface area contributed by atoms with Gasteiger partial charge in [0.25, 0.3) is 0 Å². The van der Waals surface area contributed by atoms with E-state index in [-0.39, 0.29) is 18.7 Å². The molecule has 1 fully saturated rings. The Bertz CT molecular complexity index is 458. The van der Waals surface area contributed by atoms with E-state index >= 15 is 0 Å². The van der Waals surface area contributed by atoms with Crippen molar-refractivity contribution in [2.24, 2.45) is 0 Å². The predicted octanol–water partition coefficient (Wildman–Crippen LogP) is 1.99. The van der Waals surface area contributed by atoms with Crippen molar-refractivity contribution in [3.63, 3.8) is 0 Å². The number of rotatable bonds is 5. The number of urea groups is 1. The number of aryl methyl sites for hydroxylation is 1. The topological polar surface area (TPSA) is 61.8 Å². The van der Waals surface area contributed by atoms with E-state index in [1.54, 1.807) is 12.0 Å². The molecular weight excluding hydrogens is 244 g/mol. The lowest BCUT2D eigenvalue weighted by molar-refractivity contribution is 0.185. The molecule has 1 aromatic carbocycles. The molecule has 0 spiro atoms. The maximum atomic E-state index is 12.1. The first-order valence-electron chi connectivity index (χ1n) is 6.49. The number of benzene rings is 1. The molecule has 0 saturated heterocycles. The summed E-state index contributed by atoms with van der Waals surface area (Å²) in [7, 11) is 1.62. The van der Waals surface area contributed by atoms with Crippen LogP contribution in [0, 0.1) is 6.92 Å². The lowest BCUT2D eigenvalue weighted by Gasteiger charge is -2.22. The fraction of sp³-hybridized carbons (Fsp3) is 0.500. The number of aliphatic hydroxyl groups excluding tert-OH is 1. The molecule has 1 aliphatic rings. The van der Waals surface area contributed by atoms with Crippen LogP contribution >= 0.6 is 0 Å². The number of hydrogen-bond donors (Lipinski definition) is 2. The molecule has 2 rings (SSSR count). The largest absolute Gasteiger partial charge is 0.496 e.